The minimum atomic E-state index is 0.358. The van der Waals surface area contributed by atoms with Gasteiger partial charge in [-0.05, 0) is 0 Å². The van der Waals surface area contributed by atoms with E-state index in [1.807, 2.05) is 0 Å². The number of hydrogen-bond acceptors (Lipinski definition) is 3. The van der Waals surface area contributed by atoms with Crippen molar-refractivity contribution in [3.05, 3.63) is 17.3 Å². The van der Waals surface area contributed by atoms with Gasteiger partial charge in [-0.2, -0.15) is 0 Å². The molecular weight excluding hydrogens is 180 g/mol. The monoisotopic (exact) mass is 186 g/mol. The highest BCUT2D eigenvalue weighted by molar-refractivity contribution is 6.30. The van der Waals surface area contributed by atoms with Crippen molar-refractivity contribution in [1.82, 2.24) is 4.98 Å². The van der Waals surface area contributed by atoms with Gasteiger partial charge in [0, 0.05) is 12.3 Å². The lowest BCUT2D eigenvalue weighted by atomic mass is 10.4. The first-order chi connectivity index (χ1) is 5.77. The van der Waals surface area contributed by atoms with Gasteiger partial charge in [-0.25, -0.2) is 4.98 Å². The molecule has 0 aliphatic heterocycles. The van der Waals surface area contributed by atoms with E-state index in [1.54, 1.807) is 6.07 Å². The number of carbonyl (C=O) groups is 1. The van der Waals surface area contributed by atoms with Gasteiger partial charge in [0.05, 0.1) is 12.1 Å². The van der Waals surface area contributed by atoms with Gasteiger partial charge in [0.1, 0.15) is 0 Å². The molecule has 0 saturated carbocycles. The summed E-state index contributed by atoms with van der Waals surface area (Å²) in [4.78, 5) is 13.9. The van der Waals surface area contributed by atoms with Crippen molar-refractivity contribution in [1.29, 1.82) is 0 Å². The third-order valence-electron chi connectivity index (χ3n) is 1.23. The molecule has 0 fully saturated rings. The molecule has 0 radical (unpaired) electrons. The fourth-order valence-corrected chi connectivity index (χ4v) is 0.888. The van der Waals surface area contributed by atoms with Gasteiger partial charge in [-0.1, -0.05) is 11.6 Å². The van der Waals surface area contributed by atoms with Crippen LogP contribution >= 0.6 is 11.6 Å². The second-order valence-electron chi connectivity index (χ2n) is 1.97. The van der Waals surface area contributed by atoms with Gasteiger partial charge in [0.2, 0.25) is 6.41 Å². The Morgan fingerprint density at radius 3 is 3.08 bits per heavy atom. The van der Waals surface area contributed by atoms with E-state index in [4.69, 9.17) is 16.3 Å². The molecule has 1 amide bonds. The van der Waals surface area contributed by atoms with Gasteiger partial charge in [-0.3, -0.25) is 4.79 Å². The SMILES string of the molecule is COc1cc(Cl)cnc1NC=O. The number of ether oxygens (including phenoxy) is 1. The molecule has 1 N–H and O–H groups in total. The minimum absolute atomic E-state index is 0.358. The molecule has 0 atom stereocenters. The summed E-state index contributed by atoms with van der Waals surface area (Å²) < 4.78 is 4.91. The van der Waals surface area contributed by atoms with Crippen molar-refractivity contribution in [3.63, 3.8) is 0 Å². The van der Waals surface area contributed by atoms with Gasteiger partial charge in [0.15, 0.2) is 11.6 Å². The fourth-order valence-electron chi connectivity index (χ4n) is 0.741. The molecule has 0 bridgehead atoms. The summed E-state index contributed by atoms with van der Waals surface area (Å²) >= 11 is 5.64. The Balaban J connectivity index is 3.01. The highest BCUT2D eigenvalue weighted by atomic mass is 35.5. The van der Waals surface area contributed by atoms with Crippen LogP contribution in [0.1, 0.15) is 0 Å². The Morgan fingerprint density at radius 1 is 1.75 bits per heavy atom. The topological polar surface area (TPSA) is 51.2 Å². The normalized spacial score (nSPS) is 9.17. The minimum Gasteiger partial charge on any atom is -0.493 e. The number of carbonyl (C=O) groups excluding carboxylic acids is 1. The molecule has 0 aliphatic carbocycles. The average molecular weight is 187 g/mol. The molecular formula is C7H7ClN2O2. The van der Waals surface area contributed by atoms with Crippen LogP contribution in [0.3, 0.4) is 0 Å². The third kappa shape index (κ3) is 1.85. The molecule has 12 heavy (non-hydrogen) atoms. The van der Waals surface area contributed by atoms with Crippen LogP contribution in [-0.2, 0) is 4.79 Å². The van der Waals surface area contributed by atoms with E-state index in [0.717, 1.165) is 0 Å². The van der Waals surface area contributed by atoms with Gasteiger partial charge >= 0.3 is 0 Å². The van der Waals surface area contributed by atoms with Crippen molar-refractivity contribution in [3.8, 4) is 5.75 Å². The zero-order valence-corrected chi connectivity index (χ0v) is 7.13. The van der Waals surface area contributed by atoms with E-state index >= 15 is 0 Å². The Kier molecular flexibility index (Phi) is 2.88. The second kappa shape index (κ2) is 3.92. The molecule has 0 spiro atoms. The Morgan fingerprint density at radius 2 is 2.50 bits per heavy atom. The second-order valence-corrected chi connectivity index (χ2v) is 2.40. The van der Waals surface area contributed by atoms with Gasteiger partial charge in [-0.15, -0.1) is 0 Å². The largest absolute Gasteiger partial charge is 0.493 e. The van der Waals surface area contributed by atoms with Crippen LogP contribution in [0, 0.1) is 0 Å². The van der Waals surface area contributed by atoms with Crippen molar-refractivity contribution < 1.29 is 9.53 Å². The molecule has 64 valence electrons. The molecule has 1 aromatic rings. The maximum absolute atomic E-state index is 10.1. The van der Waals surface area contributed by atoms with E-state index in [2.05, 4.69) is 10.3 Å². The highest BCUT2D eigenvalue weighted by Gasteiger charge is 2.03. The number of nitrogens with zero attached hydrogens (tertiary/aromatic N) is 1. The number of nitrogens with one attached hydrogen (secondary N) is 1. The number of aromatic nitrogens is 1. The van der Waals surface area contributed by atoms with E-state index in [9.17, 15) is 4.79 Å². The van der Waals surface area contributed by atoms with Crippen molar-refractivity contribution in [2.45, 2.75) is 0 Å². The molecule has 4 nitrogen and oxygen atoms in total. The molecule has 0 aliphatic rings. The lowest BCUT2D eigenvalue weighted by Crippen LogP contribution is -1.99. The van der Waals surface area contributed by atoms with Gasteiger partial charge < -0.3 is 10.1 Å². The van der Waals surface area contributed by atoms with Crippen LogP contribution in [0.4, 0.5) is 5.82 Å². The molecule has 1 rings (SSSR count). The van der Waals surface area contributed by atoms with Crippen LogP contribution in [0.2, 0.25) is 5.02 Å². The summed E-state index contributed by atoms with van der Waals surface area (Å²) in [5.41, 5.74) is 0. The Hall–Kier alpha value is -1.29. The lowest BCUT2D eigenvalue weighted by molar-refractivity contribution is -0.105. The van der Waals surface area contributed by atoms with Crippen LogP contribution in [0.5, 0.6) is 5.75 Å². The summed E-state index contributed by atoms with van der Waals surface area (Å²) in [6.45, 7) is 0. The number of amides is 1. The molecule has 1 aromatic heterocycles. The van der Waals surface area contributed by atoms with Crippen LogP contribution in [0.25, 0.3) is 0 Å². The van der Waals surface area contributed by atoms with Crippen molar-refractivity contribution in [2.24, 2.45) is 0 Å². The van der Waals surface area contributed by atoms with Crippen molar-refractivity contribution >= 4 is 23.8 Å². The predicted molar refractivity (Wildman–Crippen MR) is 45.5 cm³/mol. The number of rotatable bonds is 3. The summed E-state index contributed by atoms with van der Waals surface area (Å²) in [7, 11) is 1.48. The third-order valence-corrected chi connectivity index (χ3v) is 1.44. The van der Waals surface area contributed by atoms with Crippen LogP contribution < -0.4 is 10.1 Å². The zero-order chi connectivity index (χ0) is 8.97. The van der Waals surface area contributed by atoms with E-state index in [-0.39, 0.29) is 0 Å². The zero-order valence-electron chi connectivity index (χ0n) is 6.37. The van der Waals surface area contributed by atoms with E-state index in [1.165, 1.54) is 13.3 Å². The Labute approximate surface area is 74.5 Å². The summed E-state index contributed by atoms with van der Waals surface area (Å²) in [5.74, 6) is 0.798. The van der Waals surface area contributed by atoms with Crippen LogP contribution in [-0.4, -0.2) is 18.5 Å². The van der Waals surface area contributed by atoms with Gasteiger partial charge in [0.25, 0.3) is 0 Å². The fraction of sp³-hybridized carbons (Fsp3) is 0.143. The quantitative estimate of drug-likeness (QED) is 0.725. The number of hydrogen-bond donors (Lipinski definition) is 1. The molecule has 1 heterocycles. The molecule has 5 heteroatoms. The highest BCUT2D eigenvalue weighted by Crippen LogP contribution is 2.23. The van der Waals surface area contributed by atoms with Crippen LogP contribution in [0.15, 0.2) is 12.3 Å². The molecule has 0 saturated heterocycles. The number of methoxy groups -OCH3 is 1. The first-order valence-corrected chi connectivity index (χ1v) is 3.55. The standard InChI is InChI=1S/C7H7ClN2O2/c1-12-6-2-5(8)3-9-7(6)10-4-11/h2-4H,1H3,(H,9,10,11). The number of pyridine rings is 1. The maximum atomic E-state index is 10.1. The number of halogens is 1. The van der Waals surface area contributed by atoms with Crippen molar-refractivity contribution in [2.75, 3.05) is 12.4 Å². The van der Waals surface area contributed by atoms with E-state index in [0.29, 0.717) is 23.0 Å². The average Bonchev–Trinajstić information content (AvgIpc) is 2.08. The lowest BCUT2D eigenvalue weighted by Gasteiger charge is -2.04. The first-order valence-electron chi connectivity index (χ1n) is 3.17. The summed E-state index contributed by atoms with van der Waals surface area (Å²) in [6, 6.07) is 1.57. The predicted octanol–water partition coefficient (Wildman–Crippen LogP) is 1.31. The summed E-state index contributed by atoms with van der Waals surface area (Å²) in [5, 5.41) is 2.84. The molecule has 0 unspecified atom stereocenters. The Bertz CT molecular complexity index is 291. The maximum Gasteiger partial charge on any atom is 0.212 e. The summed E-state index contributed by atoms with van der Waals surface area (Å²) in [6.07, 6.45) is 1.95. The first kappa shape index (κ1) is 8.80. The van der Waals surface area contributed by atoms with E-state index < -0.39 is 0 Å². The smallest absolute Gasteiger partial charge is 0.212 e. The molecule has 0 aromatic carbocycles. The number of anilines is 1.